The number of hydrogen-bond acceptors (Lipinski definition) is 6. The molecule has 6 nitrogen and oxygen atoms in total. The smallest absolute Gasteiger partial charge is 0.129 e. The molecule has 0 N–H and O–H groups in total. The van der Waals surface area contributed by atoms with Gasteiger partial charge < -0.3 is 9.47 Å². The summed E-state index contributed by atoms with van der Waals surface area (Å²) in [5.41, 5.74) is 6.87. The third kappa shape index (κ3) is 2.90. The molecule has 0 fully saturated rings. The molecule has 146 valence electrons. The molecule has 2 aliphatic heterocycles. The number of ether oxygens (including phenoxy) is 2. The zero-order valence-corrected chi connectivity index (χ0v) is 16.5. The molecular weight excluding hydrogens is 376 g/mol. The van der Waals surface area contributed by atoms with Crippen molar-refractivity contribution in [3.8, 4) is 11.5 Å². The van der Waals surface area contributed by atoms with Gasteiger partial charge in [-0.2, -0.15) is 0 Å². The highest BCUT2D eigenvalue weighted by molar-refractivity contribution is 5.98. The molecule has 3 aromatic rings. The van der Waals surface area contributed by atoms with E-state index in [0.717, 1.165) is 45.0 Å². The first-order chi connectivity index (χ1) is 14.8. The molecule has 2 aliphatic rings. The van der Waals surface area contributed by atoms with Crippen LogP contribution in [-0.2, 0) is 0 Å². The van der Waals surface area contributed by atoms with E-state index < -0.39 is 0 Å². The van der Waals surface area contributed by atoms with Gasteiger partial charge in [0.1, 0.15) is 34.3 Å². The van der Waals surface area contributed by atoms with Crippen molar-refractivity contribution in [3.05, 3.63) is 95.1 Å². The van der Waals surface area contributed by atoms with E-state index >= 15 is 0 Å². The van der Waals surface area contributed by atoms with E-state index in [1.54, 1.807) is 14.2 Å². The minimum atomic E-state index is 0.676. The van der Waals surface area contributed by atoms with E-state index in [0.29, 0.717) is 11.5 Å². The minimum Gasteiger partial charge on any atom is -0.496 e. The predicted molar refractivity (Wildman–Crippen MR) is 116 cm³/mol. The van der Waals surface area contributed by atoms with Crippen molar-refractivity contribution < 1.29 is 9.47 Å². The second-order valence-electron chi connectivity index (χ2n) is 6.78. The molecule has 5 rings (SSSR count). The van der Waals surface area contributed by atoms with Crippen LogP contribution in [-0.4, -0.2) is 14.2 Å². The Morgan fingerprint density at radius 3 is 1.17 bits per heavy atom. The second kappa shape index (κ2) is 7.40. The maximum atomic E-state index is 5.70. The van der Waals surface area contributed by atoms with Gasteiger partial charge in [-0.3, -0.25) is 0 Å². The summed E-state index contributed by atoms with van der Waals surface area (Å²) in [4.78, 5) is 0. The van der Waals surface area contributed by atoms with Crippen LogP contribution in [0.15, 0.2) is 93.3 Å². The topological polar surface area (TPSA) is 67.9 Å². The summed E-state index contributed by atoms with van der Waals surface area (Å²) in [5, 5.41) is 17.0. The zero-order chi connectivity index (χ0) is 20.5. The lowest BCUT2D eigenvalue weighted by molar-refractivity contribution is 0.400. The lowest BCUT2D eigenvalue weighted by Gasteiger charge is -2.21. The summed E-state index contributed by atoms with van der Waals surface area (Å²) in [6.45, 7) is 0. The van der Waals surface area contributed by atoms with Crippen LogP contribution in [0.25, 0.3) is 22.8 Å². The van der Waals surface area contributed by atoms with E-state index in [1.165, 1.54) is 0 Å². The Kier molecular flexibility index (Phi) is 4.44. The molecule has 3 aromatic carbocycles. The van der Waals surface area contributed by atoms with Crippen molar-refractivity contribution in [2.45, 2.75) is 0 Å². The first-order valence-electron chi connectivity index (χ1n) is 9.50. The van der Waals surface area contributed by atoms with Gasteiger partial charge in [0.05, 0.1) is 25.3 Å². The van der Waals surface area contributed by atoms with Gasteiger partial charge in [-0.1, -0.05) is 60.7 Å². The monoisotopic (exact) mass is 394 g/mol. The van der Waals surface area contributed by atoms with Gasteiger partial charge in [0.15, 0.2) is 0 Å². The summed E-state index contributed by atoms with van der Waals surface area (Å²) in [5.74, 6) is 1.35. The maximum Gasteiger partial charge on any atom is 0.129 e. The van der Waals surface area contributed by atoms with Crippen LogP contribution in [0.1, 0.15) is 22.3 Å². The van der Waals surface area contributed by atoms with Gasteiger partial charge in [-0.05, 0) is 12.1 Å². The number of azo groups is 2. The van der Waals surface area contributed by atoms with E-state index in [4.69, 9.17) is 9.47 Å². The van der Waals surface area contributed by atoms with Crippen LogP contribution in [0.2, 0.25) is 0 Å². The Hall–Kier alpha value is -4.06. The van der Waals surface area contributed by atoms with Gasteiger partial charge in [0, 0.05) is 11.1 Å². The molecular formula is C24H18N4O2. The summed E-state index contributed by atoms with van der Waals surface area (Å²) in [6, 6.07) is 23.8. The Labute approximate surface area is 173 Å². The van der Waals surface area contributed by atoms with E-state index in [1.807, 2.05) is 72.8 Å². The fourth-order valence-corrected chi connectivity index (χ4v) is 3.51. The van der Waals surface area contributed by atoms with Gasteiger partial charge >= 0.3 is 0 Å². The minimum absolute atomic E-state index is 0.676. The molecule has 0 amide bonds. The van der Waals surface area contributed by atoms with Crippen LogP contribution in [0.3, 0.4) is 0 Å². The normalized spacial score (nSPS) is 14.5. The van der Waals surface area contributed by atoms with Crippen molar-refractivity contribution >= 4 is 22.8 Å². The lowest BCUT2D eigenvalue weighted by Crippen LogP contribution is -2.03. The molecule has 0 unspecified atom stereocenters. The highest BCUT2D eigenvalue weighted by Gasteiger charge is 2.27. The Balaban J connectivity index is 1.62. The first-order valence-corrected chi connectivity index (χ1v) is 9.50. The average Bonchev–Trinajstić information content (AvgIpc) is 2.74. The molecule has 0 radical (unpaired) electrons. The quantitative estimate of drug-likeness (QED) is 0.493. The molecule has 0 saturated heterocycles. The molecule has 6 heteroatoms. The Bertz CT molecular complexity index is 1140. The van der Waals surface area contributed by atoms with Crippen molar-refractivity contribution in [1.29, 1.82) is 0 Å². The van der Waals surface area contributed by atoms with Crippen molar-refractivity contribution in [2.75, 3.05) is 14.2 Å². The lowest BCUT2D eigenvalue weighted by atomic mass is 9.98. The van der Waals surface area contributed by atoms with Crippen LogP contribution < -0.4 is 9.47 Å². The Morgan fingerprint density at radius 2 is 0.867 bits per heavy atom. The predicted octanol–water partition coefficient (Wildman–Crippen LogP) is 6.29. The van der Waals surface area contributed by atoms with Crippen LogP contribution in [0.5, 0.6) is 11.5 Å². The number of hydrogen-bond donors (Lipinski definition) is 0. The Morgan fingerprint density at radius 1 is 0.500 bits per heavy atom. The molecule has 0 aliphatic carbocycles. The van der Waals surface area contributed by atoms with Gasteiger partial charge in [-0.15, -0.1) is 20.5 Å². The summed E-state index contributed by atoms with van der Waals surface area (Å²) in [6.07, 6.45) is 0. The molecule has 0 spiro atoms. The van der Waals surface area contributed by atoms with E-state index in [2.05, 4.69) is 20.5 Å². The van der Waals surface area contributed by atoms with Gasteiger partial charge in [0.2, 0.25) is 0 Å². The molecule has 0 saturated carbocycles. The van der Waals surface area contributed by atoms with Crippen LogP contribution in [0, 0.1) is 0 Å². The first kappa shape index (κ1) is 18.0. The summed E-state index contributed by atoms with van der Waals surface area (Å²) < 4.78 is 11.4. The number of methoxy groups -OCH3 is 2. The fourth-order valence-electron chi connectivity index (χ4n) is 3.51. The third-order valence-corrected chi connectivity index (χ3v) is 5.07. The molecule has 2 heterocycles. The van der Waals surface area contributed by atoms with Crippen LogP contribution >= 0.6 is 0 Å². The van der Waals surface area contributed by atoms with E-state index in [-0.39, 0.29) is 0 Å². The standard InChI is InChI=1S/C24H18N4O2/c1-29-19-13-18(24-22(26-28-24)16-11-7-4-8-12-16)20(30-2)14-17(19)23-21(25-27-23)15-9-5-3-6-10-15/h3-14H,1-2H3. The maximum absolute atomic E-state index is 5.70. The van der Waals surface area contributed by atoms with Gasteiger partial charge in [0.25, 0.3) is 0 Å². The number of benzene rings is 3. The number of nitrogens with zero attached hydrogens (tertiary/aromatic N) is 4. The van der Waals surface area contributed by atoms with Crippen molar-refractivity contribution in [2.24, 2.45) is 20.5 Å². The largest absolute Gasteiger partial charge is 0.496 e. The third-order valence-electron chi connectivity index (χ3n) is 5.07. The van der Waals surface area contributed by atoms with Gasteiger partial charge in [-0.25, -0.2) is 0 Å². The molecule has 0 atom stereocenters. The van der Waals surface area contributed by atoms with Crippen molar-refractivity contribution in [1.82, 2.24) is 0 Å². The van der Waals surface area contributed by atoms with E-state index in [9.17, 15) is 0 Å². The highest BCUT2D eigenvalue weighted by atomic mass is 16.5. The SMILES string of the molecule is COc1cc(C2=C(c3ccccc3)N=N2)c(OC)cc1C1=C(c2ccccc2)N=N1. The van der Waals surface area contributed by atoms with Crippen LogP contribution in [0.4, 0.5) is 0 Å². The average molecular weight is 394 g/mol. The zero-order valence-electron chi connectivity index (χ0n) is 16.5. The second-order valence-corrected chi connectivity index (χ2v) is 6.78. The number of rotatable bonds is 6. The highest BCUT2D eigenvalue weighted by Crippen LogP contribution is 2.46. The fraction of sp³-hybridized carbons (Fsp3) is 0.0833. The van der Waals surface area contributed by atoms with Crippen molar-refractivity contribution in [3.63, 3.8) is 0 Å². The summed E-state index contributed by atoms with van der Waals surface area (Å²) >= 11 is 0. The molecule has 0 aromatic heterocycles. The molecule has 30 heavy (non-hydrogen) atoms. The molecule has 0 bridgehead atoms. The summed E-state index contributed by atoms with van der Waals surface area (Å²) in [7, 11) is 3.28.